The zero-order chi connectivity index (χ0) is 28.1. The second kappa shape index (κ2) is 10.7. The average molecular weight is 555 g/mol. The summed E-state index contributed by atoms with van der Waals surface area (Å²) in [5, 5.41) is 15.9. The van der Waals surface area contributed by atoms with E-state index in [1.54, 1.807) is 6.26 Å². The Hall–Kier alpha value is -1.90. The van der Waals surface area contributed by atoms with Gasteiger partial charge in [-0.3, -0.25) is 0 Å². The Labute approximate surface area is 239 Å². The summed E-state index contributed by atoms with van der Waals surface area (Å²) in [4.78, 5) is 29.4. The van der Waals surface area contributed by atoms with Crippen molar-refractivity contribution in [3.63, 3.8) is 0 Å². The Kier molecular flexibility index (Phi) is 7.58. The number of hydrogen-bond donors (Lipinski definition) is 3. The largest absolute Gasteiger partial charge is 0.431 e. The van der Waals surface area contributed by atoms with Crippen LogP contribution in [0.2, 0.25) is 0 Å². The number of hydrogen-bond acceptors (Lipinski definition) is 6. The monoisotopic (exact) mass is 554 g/mol. The highest BCUT2D eigenvalue weighted by atomic mass is 16.4. The molecule has 1 aromatic rings. The summed E-state index contributed by atoms with van der Waals surface area (Å²) in [7, 11) is 0. The zero-order valence-electron chi connectivity index (χ0n) is 24.6. The third-order valence-corrected chi connectivity index (χ3v) is 12.6. The molecule has 1 aromatic heterocycles. The first kappa shape index (κ1) is 28.2. The van der Waals surface area contributed by atoms with E-state index >= 15 is 0 Å². The van der Waals surface area contributed by atoms with Crippen LogP contribution in [-0.2, 0) is 0 Å². The third-order valence-electron chi connectivity index (χ3n) is 12.6. The summed E-state index contributed by atoms with van der Waals surface area (Å²) in [6.45, 7) is 9.35. The van der Waals surface area contributed by atoms with Crippen LogP contribution >= 0.6 is 0 Å². The fraction of sp³-hybridized carbons (Fsp3) is 0.812. The zero-order valence-corrected chi connectivity index (χ0v) is 24.6. The number of nitrogens with two attached hydrogens (primary N) is 1. The molecule has 5 aliphatic rings. The topological polar surface area (TPSA) is 112 Å². The highest BCUT2D eigenvalue weighted by molar-refractivity contribution is 5.75. The molecule has 5 fully saturated rings. The maximum Gasteiger partial charge on any atom is 0.335 e. The number of amides is 2. The minimum absolute atomic E-state index is 0.174. The Morgan fingerprint density at radius 3 is 2.73 bits per heavy atom. The van der Waals surface area contributed by atoms with E-state index in [0.29, 0.717) is 30.8 Å². The first-order chi connectivity index (χ1) is 19.2. The summed E-state index contributed by atoms with van der Waals surface area (Å²) in [5.74, 6) is 1.60. The van der Waals surface area contributed by atoms with Crippen molar-refractivity contribution in [2.75, 3.05) is 39.3 Å². The van der Waals surface area contributed by atoms with Gasteiger partial charge in [0.2, 0.25) is 0 Å². The standard InChI is InChI=1S/C32H50N4O4/c1-30-11-8-24(36(18-14-33)29(38)35-17-3-15-34-16-19-35)20-23(30)5-6-27-26(30)9-12-31(2)25(10-13-32(27,31)39)22-4-7-28(37)40-21-22/h4,7,21,23-27,34,39H,3,5-6,8-20,33H2,1-2H3/t23-,24+,25-,26+,27-,30+,31-,32+/m1/s1. The van der Waals surface area contributed by atoms with Gasteiger partial charge in [0, 0.05) is 50.2 Å². The normalized spacial score (nSPS) is 41.4. The van der Waals surface area contributed by atoms with E-state index in [1.807, 2.05) is 11.0 Å². The summed E-state index contributed by atoms with van der Waals surface area (Å²) in [6.07, 6.45) is 11.9. The molecule has 40 heavy (non-hydrogen) atoms. The van der Waals surface area contributed by atoms with E-state index in [-0.39, 0.29) is 34.4 Å². The number of nitrogens with one attached hydrogen (secondary N) is 1. The molecule has 6 rings (SSSR count). The Morgan fingerprint density at radius 2 is 1.95 bits per heavy atom. The minimum Gasteiger partial charge on any atom is -0.431 e. The summed E-state index contributed by atoms with van der Waals surface area (Å²) in [5.41, 5.74) is 6.08. The maximum absolute atomic E-state index is 13.7. The Morgan fingerprint density at radius 1 is 1.10 bits per heavy atom. The number of carbonyl (C=O) groups excluding carboxylic acids is 1. The lowest BCUT2D eigenvalue weighted by Gasteiger charge is -2.64. The predicted octanol–water partition coefficient (Wildman–Crippen LogP) is 3.93. The van der Waals surface area contributed by atoms with Crippen LogP contribution in [0.3, 0.4) is 0 Å². The summed E-state index contributed by atoms with van der Waals surface area (Å²) < 4.78 is 5.25. The van der Waals surface area contributed by atoms with Gasteiger partial charge in [0.1, 0.15) is 0 Å². The first-order valence-corrected chi connectivity index (χ1v) is 16.0. The minimum atomic E-state index is -0.691. The van der Waals surface area contributed by atoms with Gasteiger partial charge < -0.3 is 30.4 Å². The number of fused-ring (bicyclic) bond motifs is 5. The van der Waals surface area contributed by atoms with Crippen LogP contribution in [0, 0.1) is 28.6 Å². The van der Waals surface area contributed by atoms with Crippen molar-refractivity contribution in [2.45, 2.75) is 95.6 Å². The van der Waals surface area contributed by atoms with Crippen molar-refractivity contribution in [1.82, 2.24) is 15.1 Å². The molecule has 8 nitrogen and oxygen atoms in total. The molecule has 8 atom stereocenters. The number of aliphatic hydroxyl groups is 1. The van der Waals surface area contributed by atoms with Gasteiger partial charge in [-0.15, -0.1) is 0 Å². The fourth-order valence-electron chi connectivity index (χ4n) is 10.4. The number of carbonyl (C=O) groups is 1. The predicted molar refractivity (Wildman–Crippen MR) is 155 cm³/mol. The second-order valence-corrected chi connectivity index (χ2v) is 14.1. The molecule has 0 spiro atoms. The van der Waals surface area contributed by atoms with Crippen molar-refractivity contribution in [3.05, 3.63) is 34.4 Å². The van der Waals surface area contributed by atoms with Crippen LogP contribution in [0.1, 0.15) is 89.5 Å². The molecule has 8 heteroatoms. The van der Waals surface area contributed by atoms with Crippen LogP contribution in [0.4, 0.5) is 4.79 Å². The molecule has 1 aliphatic heterocycles. The van der Waals surface area contributed by atoms with Crippen molar-refractivity contribution in [2.24, 2.45) is 34.3 Å². The van der Waals surface area contributed by atoms with E-state index in [4.69, 9.17) is 10.2 Å². The third kappa shape index (κ3) is 4.44. The number of rotatable bonds is 4. The lowest BCUT2D eigenvalue weighted by atomic mass is 9.43. The van der Waals surface area contributed by atoms with E-state index in [0.717, 1.165) is 96.0 Å². The van der Waals surface area contributed by atoms with E-state index in [1.165, 1.54) is 6.07 Å². The summed E-state index contributed by atoms with van der Waals surface area (Å²) >= 11 is 0. The van der Waals surface area contributed by atoms with E-state index < -0.39 is 5.60 Å². The molecular weight excluding hydrogens is 504 g/mol. The Bertz CT molecular complexity index is 1110. The lowest BCUT2D eigenvalue weighted by Crippen LogP contribution is -2.63. The van der Waals surface area contributed by atoms with Gasteiger partial charge in [0.05, 0.1) is 11.9 Å². The van der Waals surface area contributed by atoms with Crippen LogP contribution in [0.25, 0.3) is 0 Å². The SMILES string of the molecule is C[C@]12CC[C@H](N(CCN)C(=O)N3CCCNCC3)C[C@H]1CC[C@@H]1[C@@H]2CC[C@]2(C)[C@@H](c3ccc(=O)oc3)CC[C@]12O. The van der Waals surface area contributed by atoms with Gasteiger partial charge in [-0.25, -0.2) is 9.59 Å². The van der Waals surface area contributed by atoms with Gasteiger partial charge in [-0.1, -0.05) is 13.8 Å². The van der Waals surface area contributed by atoms with Gasteiger partial charge >= 0.3 is 11.7 Å². The van der Waals surface area contributed by atoms with Crippen LogP contribution < -0.4 is 16.7 Å². The molecule has 1 saturated heterocycles. The van der Waals surface area contributed by atoms with Crippen molar-refractivity contribution in [1.29, 1.82) is 0 Å². The second-order valence-electron chi connectivity index (χ2n) is 14.1. The number of nitrogens with zero attached hydrogens (tertiary/aromatic N) is 2. The maximum atomic E-state index is 13.7. The highest BCUT2D eigenvalue weighted by Crippen LogP contribution is 2.70. The molecule has 2 heterocycles. The van der Waals surface area contributed by atoms with Gasteiger partial charge in [0.15, 0.2) is 0 Å². The van der Waals surface area contributed by atoms with Gasteiger partial charge in [0.25, 0.3) is 0 Å². The molecule has 222 valence electrons. The molecule has 4 aliphatic carbocycles. The van der Waals surface area contributed by atoms with Gasteiger partial charge in [-0.2, -0.15) is 0 Å². The lowest BCUT2D eigenvalue weighted by molar-refractivity contribution is -0.203. The first-order valence-electron chi connectivity index (χ1n) is 16.0. The van der Waals surface area contributed by atoms with Crippen LogP contribution in [0.15, 0.2) is 27.6 Å². The van der Waals surface area contributed by atoms with Crippen molar-refractivity contribution in [3.8, 4) is 0 Å². The van der Waals surface area contributed by atoms with E-state index in [9.17, 15) is 14.7 Å². The van der Waals surface area contributed by atoms with Crippen LogP contribution in [-0.4, -0.2) is 71.8 Å². The molecule has 0 radical (unpaired) electrons. The number of urea groups is 1. The van der Waals surface area contributed by atoms with E-state index in [2.05, 4.69) is 24.1 Å². The van der Waals surface area contributed by atoms with Crippen LogP contribution in [0.5, 0.6) is 0 Å². The Balaban J connectivity index is 1.19. The molecule has 0 unspecified atom stereocenters. The molecule has 2 amide bonds. The molecule has 0 aromatic carbocycles. The quantitative estimate of drug-likeness (QED) is 0.520. The van der Waals surface area contributed by atoms with Crippen molar-refractivity contribution >= 4 is 6.03 Å². The fourth-order valence-corrected chi connectivity index (χ4v) is 10.4. The molecule has 0 bridgehead atoms. The molecule has 4 N–H and O–H groups in total. The molecular formula is C32H50N4O4. The smallest absolute Gasteiger partial charge is 0.335 e. The van der Waals surface area contributed by atoms with Gasteiger partial charge in [-0.05, 0) is 111 Å². The molecule has 4 saturated carbocycles. The summed E-state index contributed by atoms with van der Waals surface area (Å²) in [6, 6.07) is 3.86. The average Bonchev–Trinajstić information content (AvgIpc) is 3.09. The van der Waals surface area contributed by atoms with Crippen molar-refractivity contribution < 1.29 is 14.3 Å². The highest BCUT2D eigenvalue weighted by Gasteiger charge is 2.67.